The van der Waals surface area contributed by atoms with Crippen LogP contribution in [-0.2, 0) is 19.1 Å². The molecule has 1 aromatic heterocycles. The van der Waals surface area contributed by atoms with E-state index in [4.69, 9.17) is 13.9 Å². The maximum atomic E-state index is 13.0. The Morgan fingerprint density at radius 3 is 2.92 bits per heavy atom. The summed E-state index contributed by atoms with van der Waals surface area (Å²) in [5.74, 6) is -0.850. The van der Waals surface area contributed by atoms with Crippen molar-refractivity contribution in [1.29, 1.82) is 0 Å². The number of rotatable bonds is 1. The molecule has 6 nitrogen and oxygen atoms in total. The molecule has 0 unspecified atom stereocenters. The van der Waals surface area contributed by atoms with Crippen LogP contribution in [0, 0.1) is 34.0 Å². The second kappa shape index (κ2) is 4.25. The number of carbonyl (C=O) groups excluding carboxylic acids is 2. The van der Waals surface area contributed by atoms with Gasteiger partial charge < -0.3 is 19.0 Å². The van der Waals surface area contributed by atoms with E-state index in [1.807, 2.05) is 18.2 Å². The lowest BCUT2D eigenvalue weighted by atomic mass is 9.51. The van der Waals surface area contributed by atoms with Gasteiger partial charge in [-0.15, -0.1) is 0 Å². The van der Waals surface area contributed by atoms with E-state index in [-0.39, 0.29) is 29.7 Å². The Labute approximate surface area is 150 Å². The van der Waals surface area contributed by atoms with Crippen LogP contribution < -0.4 is 0 Å². The smallest absolute Gasteiger partial charge is 0.316 e. The Morgan fingerprint density at radius 1 is 1.31 bits per heavy atom. The Balaban J connectivity index is 1.51. The van der Waals surface area contributed by atoms with Gasteiger partial charge >= 0.3 is 11.9 Å². The predicted octanol–water partition coefficient (Wildman–Crippen LogP) is 2.00. The van der Waals surface area contributed by atoms with Gasteiger partial charge in [0.25, 0.3) is 0 Å². The highest BCUT2D eigenvalue weighted by atomic mass is 16.6. The SMILES string of the molecule is C[C@]12[C@H]3CC=C[C@H]4C(=O)OC[C@]43C[C@H](O)[C@@]13C(=O)O[C@@H](c1ccoc1)[C@@H]23. The molecule has 3 heterocycles. The summed E-state index contributed by atoms with van der Waals surface area (Å²) >= 11 is 0. The summed E-state index contributed by atoms with van der Waals surface area (Å²) in [4.78, 5) is 25.3. The van der Waals surface area contributed by atoms with E-state index < -0.39 is 28.5 Å². The Kier molecular flexibility index (Phi) is 2.45. The van der Waals surface area contributed by atoms with Gasteiger partial charge in [0.05, 0.1) is 31.2 Å². The van der Waals surface area contributed by atoms with Crippen LogP contribution in [0.25, 0.3) is 0 Å². The van der Waals surface area contributed by atoms with E-state index >= 15 is 0 Å². The lowest BCUT2D eigenvalue weighted by molar-refractivity contribution is -0.169. The summed E-state index contributed by atoms with van der Waals surface area (Å²) in [5.41, 5.74) is -0.888. The monoisotopic (exact) mass is 356 g/mol. The molecule has 26 heavy (non-hydrogen) atoms. The minimum Gasteiger partial charge on any atom is -0.472 e. The molecule has 3 aliphatic carbocycles. The first-order valence-electron chi connectivity index (χ1n) is 9.22. The second-order valence-corrected chi connectivity index (χ2v) is 8.77. The minimum atomic E-state index is -0.883. The van der Waals surface area contributed by atoms with Gasteiger partial charge in [-0.25, -0.2) is 0 Å². The lowest BCUT2D eigenvalue weighted by Crippen LogP contribution is -2.55. The Morgan fingerprint density at radius 2 is 2.15 bits per heavy atom. The molecule has 8 atom stereocenters. The molecule has 1 N–H and O–H groups in total. The third-order valence-corrected chi connectivity index (χ3v) is 8.26. The lowest BCUT2D eigenvalue weighted by Gasteiger charge is -2.51. The van der Waals surface area contributed by atoms with Crippen LogP contribution in [0.5, 0.6) is 0 Å². The molecule has 4 fully saturated rings. The van der Waals surface area contributed by atoms with E-state index in [2.05, 4.69) is 6.92 Å². The number of hydrogen-bond acceptors (Lipinski definition) is 6. The second-order valence-electron chi connectivity index (χ2n) is 8.77. The molecule has 2 aliphatic heterocycles. The van der Waals surface area contributed by atoms with Gasteiger partial charge in [0.1, 0.15) is 11.5 Å². The zero-order valence-electron chi connectivity index (χ0n) is 14.4. The third kappa shape index (κ3) is 1.27. The molecule has 0 radical (unpaired) electrons. The number of aliphatic hydroxyl groups is 1. The summed E-state index contributed by atoms with van der Waals surface area (Å²) in [5, 5.41) is 11.2. The molecule has 5 aliphatic rings. The van der Waals surface area contributed by atoms with Crippen molar-refractivity contribution in [2.45, 2.75) is 32.0 Å². The van der Waals surface area contributed by atoms with E-state index in [9.17, 15) is 14.7 Å². The highest BCUT2D eigenvalue weighted by Crippen LogP contribution is 2.87. The Hall–Kier alpha value is -2.08. The van der Waals surface area contributed by atoms with Gasteiger partial charge in [-0.3, -0.25) is 9.59 Å². The van der Waals surface area contributed by atoms with Crippen LogP contribution in [0.1, 0.15) is 31.4 Å². The summed E-state index contributed by atoms with van der Waals surface area (Å²) in [6.45, 7) is 2.42. The first-order valence-corrected chi connectivity index (χ1v) is 9.22. The summed E-state index contributed by atoms with van der Waals surface area (Å²) in [6.07, 6.45) is 7.12. The van der Waals surface area contributed by atoms with Gasteiger partial charge in [0, 0.05) is 16.9 Å². The largest absolute Gasteiger partial charge is 0.472 e. The molecule has 136 valence electrons. The van der Waals surface area contributed by atoms with Crippen molar-refractivity contribution in [3.05, 3.63) is 36.3 Å². The maximum absolute atomic E-state index is 13.0. The van der Waals surface area contributed by atoms with Crippen molar-refractivity contribution >= 4 is 11.9 Å². The molecule has 6 rings (SSSR count). The summed E-state index contributed by atoms with van der Waals surface area (Å²) in [6, 6.07) is 1.82. The van der Waals surface area contributed by atoms with Gasteiger partial charge in [0.15, 0.2) is 0 Å². The Bertz CT molecular complexity index is 858. The molecular weight excluding hydrogens is 336 g/mol. The zero-order chi connectivity index (χ0) is 17.9. The molecule has 1 aromatic rings. The van der Waals surface area contributed by atoms with Crippen LogP contribution in [0.2, 0.25) is 0 Å². The van der Waals surface area contributed by atoms with Crippen LogP contribution in [0.4, 0.5) is 0 Å². The van der Waals surface area contributed by atoms with Crippen molar-refractivity contribution in [2.24, 2.45) is 34.0 Å². The van der Waals surface area contributed by atoms with Crippen molar-refractivity contribution in [3.63, 3.8) is 0 Å². The van der Waals surface area contributed by atoms with Crippen molar-refractivity contribution in [1.82, 2.24) is 0 Å². The van der Waals surface area contributed by atoms with Crippen molar-refractivity contribution in [2.75, 3.05) is 6.61 Å². The number of allylic oxidation sites excluding steroid dienone is 1. The summed E-state index contributed by atoms with van der Waals surface area (Å²) in [7, 11) is 0. The topological polar surface area (TPSA) is 86.0 Å². The van der Waals surface area contributed by atoms with E-state index in [0.717, 1.165) is 12.0 Å². The molecule has 2 spiro atoms. The van der Waals surface area contributed by atoms with E-state index in [0.29, 0.717) is 13.0 Å². The first-order chi connectivity index (χ1) is 12.5. The van der Waals surface area contributed by atoms with Gasteiger partial charge in [-0.05, 0) is 30.2 Å². The number of cyclic esters (lactones) is 2. The van der Waals surface area contributed by atoms with Crippen molar-refractivity contribution < 1.29 is 28.6 Å². The van der Waals surface area contributed by atoms with Crippen LogP contribution >= 0.6 is 0 Å². The first kappa shape index (κ1) is 15.0. The number of ether oxygens (including phenoxy) is 2. The minimum absolute atomic E-state index is 0.104. The fraction of sp³-hybridized carbons (Fsp3) is 0.600. The third-order valence-electron chi connectivity index (χ3n) is 8.26. The van der Waals surface area contributed by atoms with E-state index in [1.165, 1.54) is 0 Å². The summed E-state index contributed by atoms with van der Waals surface area (Å²) < 4.78 is 16.3. The average molecular weight is 356 g/mol. The molecule has 0 amide bonds. The quantitative estimate of drug-likeness (QED) is 0.612. The van der Waals surface area contributed by atoms with Gasteiger partial charge in [-0.1, -0.05) is 19.1 Å². The molecule has 6 heteroatoms. The molecule has 0 aromatic carbocycles. The predicted molar refractivity (Wildman–Crippen MR) is 86.3 cm³/mol. The van der Waals surface area contributed by atoms with Gasteiger partial charge in [-0.2, -0.15) is 0 Å². The fourth-order valence-electron chi connectivity index (χ4n) is 7.28. The number of furan rings is 1. The van der Waals surface area contributed by atoms with Crippen LogP contribution in [0.3, 0.4) is 0 Å². The fourth-order valence-corrected chi connectivity index (χ4v) is 7.28. The molecule has 2 saturated heterocycles. The highest BCUT2D eigenvalue weighted by Gasteiger charge is 2.93. The van der Waals surface area contributed by atoms with Gasteiger partial charge in [0.2, 0.25) is 0 Å². The molecule has 2 saturated carbocycles. The number of carbonyl (C=O) groups is 2. The van der Waals surface area contributed by atoms with E-state index in [1.54, 1.807) is 12.5 Å². The molecule has 0 bridgehead atoms. The normalized spacial score (nSPS) is 53.2. The maximum Gasteiger partial charge on any atom is 0.316 e. The highest BCUT2D eigenvalue weighted by molar-refractivity contribution is 5.88. The molecular formula is C20H20O6. The number of hydrogen-bond donors (Lipinski definition) is 1. The van der Waals surface area contributed by atoms with Crippen molar-refractivity contribution in [3.8, 4) is 0 Å². The zero-order valence-corrected chi connectivity index (χ0v) is 14.4. The standard InChI is InChI=1S/C20H20O6/c1-18-12-4-2-3-11-16(22)25-9-19(11,12)7-13(21)20(18)15(18)14(26-17(20)23)10-5-6-24-8-10/h2-3,5-6,8,11-15,21H,4,7,9H2,1H3/t11-,12+,13-,14-,15-,18+,19+,20+/m0/s1. The van der Waals surface area contributed by atoms with Crippen LogP contribution in [0.15, 0.2) is 35.2 Å². The number of aliphatic hydroxyl groups excluding tert-OH is 1. The van der Waals surface area contributed by atoms with Crippen LogP contribution in [-0.4, -0.2) is 29.8 Å². The number of fused-ring (bicyclic) bond motifs is 2. The average Bonchev–Trinajstić information content (AvgIpc) is 3.06. The number of esters is 2.